The van der Waals surface area contributed by atoms with Gasteiger partial charge in [0.2, 0.25) is 5.13 Å². The lowest BCUT2D eigenvalue weighted by Crippen LogP contribution is -2.12. The van der Waals surface area contributed by atoms with Crippen molar-refractivity contribution < 1.29 is 23.9 Å². The molecule has 0 fully saturated rings. The molecule has 8 heteroatoms. The molecule has 0 aliphatic heterocycles. The first-order chi connectivity index (χ1) is 11.1. The molecule has 0 saturated heterocycles. The molecule has 2 rings (SSSR count). The fourth-order valence-corrected chi connectivity index (χ4v) is 2.45. The van der Waals surface area contributed by atoms with Gasteiger partial charge in [-0.05, 0) is 19.4 Å². The molecule has 0 amide bonds. The molecule has 0 unspecified atom stereocenters. The maximum atomic E-state index is 11.7. The third kappa shape index (κ3) is 4.96. The summed E-state index contributed by atoms with van der Waals surface area (Å²) in [5.74, 6) is -0.456. The molecule has 1 heterocycles. The van der Waals surface area contributed by atoms with Crippen LogP contribution in [0, 0.1) is 6.92 Å². The van der Waals surface area contributed by atoms with E-state index in [4.69, 9.17) is 14.3 Å². The van der Waals surface area contributed by atoms with Gasteiger partial charge in [-0.3, -0.25) is 0 Å². The van der Waals surface area contributed by atoms with Crippen LogP contribution in [0.3, 0.4) is 0 Å². The number of aryl methyl sites for hydroxylation is 1. The first-order valence-corrected chi connectivity index (χ1v) is 7.70. The van der Waals surface area contributed by atoms with Crippen LogP contribution in [0.25, 0.3) is 0 Å². The summed E-state index contributed by atoms with van der Waals surface area (Å²) in [6, 6.07) is 9.22. The van der Waals surface area contributed by atoms with Crippen molar-refractivity contribution in [2.24, 2.45) is 0 Å². The number of hydrogen-bond donors (Lipinski definition) is 1. The van der Waals surface area contributed by atoms with Crippen LogP contribution in [0.5, 0.6) is 0 Å². The standard InChI is InChI=1S/C15H16N2O5S/c1-3-20-13(18)12-10(2)16-14(23-12)17-22-15(19)21-9-11-7-5-4-6-8-11/h4-8H,3,9H2,1-2H3,(H,16,17). The molecule has 122 valence electrons. The van der Waals surface area contributed by atoms with E-state index in [0.717, 1.165) is 16.9 Å². The molecule has 23 heavy (non-hydrogen) atoms. The normalized spacial score (nSPS) is 10.0. The third-order valence-electron chi connectivity index (χ3n) is 2.68. The SMILES string of the molecule is CCOC(=O)c1sc(NOC(=O)OCc2ccccc2)nc1C. The van der Waals surface area contributed by atoms with Crippen LogP contribution in [-0.2, 0) is 20.9 Å². The number of rotatable bonds is 6. The van der Waals surface area contributed by atoms with Gasteiger partial charge in [0.05, 0.1) is 12.3 Å². The zero-order chi connectivity index (χ0) is 16.7. The van der Waals surface area contributed by atoms with Gasteiger partial charge in [0.1, 0.15) is 11.5 Å². The number of carbonyl (C=O) groups excluding carboxylic acids is 2. The van der Waals surface area contributed by atoms with E-state index >= 15 is 0 Å². The van der Waals surface area contributed by atoms with E-state index in [-0.39, 0.29) is 18.3 Å². The quantitative estimate of drug-likeness (QED) is 0.639. The van der Waals surface area contributed by atoms with Gasteiger partial charge < -0.3 is 14.3 Å². The minimum Gasteiger partial charge on any atom is -0.462 e. The number of hydrogen-bond acceptors (Lipinski definition) is 8. The Hall–Kier alpha value is -2.61. The minimum atomic E-state index is -0.889. The number of thiazole rings is 1. The molecule has 1 aromatic carbocycles. The maximum Gasteiger partial charge on any atom is 0.533 e. The summed E-state index contributed by atoms with van der Waals surface area (Å²) in [6.45, 7) is 3.77. The average Bonchev–Trinajstić information content (AvgIpc) is 2.93. The van der Waals surface area contributed by atoms with Crippen LogP contribution in [0.15, 0.2) is 30.3 Å². The predicted molar refractivity (Wildman–Crippen MR) is 84.1 cm³/mol. The number of aromatic nitrogens is 1. The highest BCUT2D eigenvalue weighted by Crippen LogP contribution is 2.23. The van der Waals surface area contributed by atoms with Crippen LogP contribution in [0.2, 0.25) is 0 Å². The first-order valence-electron chi connectivity index (χ1n) is 6.88. The summed E-state index contributed by atoms with van der Waals surface area (Å²) in [5.41, 5.74) is 3.71. The number of ether oxygens (including phenoxy) is 2. The topological polar surface area (TPSA) is 86.8 Å². The van der Waals surface area contributed by atoms with Gasteiger partial charge in [-0.1, -0.05) is 41.7 Å². The Bertz CT molecular complexity index is 672. The number of anilines is 1. The Kier molecular flexibility index (Phi) is 5.93. The molecule has 1 N–H and O–H groups in total. The van der Waals surface area contributed by atoms with E-state index in [1.54, 1.807) is 13.8 Å². The van der Waals surface area contributed by atoms with Crippen molar-refractivity contribution in [1.82, 2.24) is 4.98 Å². The van der Waals surface area contributed by atoms with Gasteiger partial charge in [-0.2, -0.15) is 5.48 Å². The molecular weight excluding hydrogens is 320 g/mol. The van der Waals surface area contributed by atoms with Gasteiger partial charge in [0.15, 0.2) is 0 Å². The second kappa shape index (κ2) is 8.14. The molecule has 2 aromatic rings. The maximum absolute atomic E-state index is 11.7. The highest BCUT2D eigenvalue weighted by Gasteiger charge is 2.17. The minimum absolute atomic E-state index is 0.103. The Labute approximate surface area is 137 Å². The summed E-state index contributed by atoms with van der Waals surface area (Å²) in [5, 5.41) is 0.266. The van der Waals surface area contributed by atoms with E-state index in [1.807, 2.05) is 30.3 Å². The summed E-state index contributed by atoms with van der Waals surface area (Å²) in [4.78, 5) is 32.3. The second-order valence-electron chi connectivity index (χ2n) is 4.38. The zero-order valence-electron chi connectivity index (χ0n) is 12.7. The molecule has 0 aliphatic rings. The van der Waals surface area contributed by atoms with Gasteiger partial charge in [-0.15, -0.1) is 0 Å². The largest absolute Gasteiger partial charge is 0.533 e. The highest BCUT2D eigenvalue weighted by molar-refractivity contribution is 7.17. The van der Waals surface area contributed by atoms with Crippen molar-refractivity contribution in [1.29, 1.82) is 0 Å². The van der Waals surface area contributed by atoms with Crippen LogP contribution in [-0.4, -0.2) is 23.7 Å². The molecule has 1 aromatic heterocycles. The molecule has 0 radical (unpaired) electrons. The van der Waals surface area contributed by atoms with Crippen molar-refractivity contribution in [2.75, 3.05) is 12.1 Å². The smallest absolute Gasteiger partial charge is 0.462 e. The Morgan fingerprint density at radius 3 is 2.65 bits per heavy atom. The van der Waals surface area contributed by atoms with Gasteiger partial charge in [-0.25, -0.2) is 14.6 Å². The van der Waals surface area contributed by atoms with Gasteiger partial charge in [0, 0.05) is 0 Å². The molecule has 0 atom stereocenters. The van der Waals surface area contributed by atoms with E-state index < -0.39 is 12.1 Å². The summed E-state index contributed by atoms with van der Waals surface area (Å²) in [6.07, 6.45) is -0.889. The molecule has 0 saturated carbocycles. The van der Waals surface area contributed by atoms with E-state index in [2.05, 4.69) is 10.5 Å². The molecule has 0 aliphatic carbocycles. The van der Waals surface area contributed by atoms with Crippen LogP contribution < -0.4 is 5.48 Å². The summed E-state index contributed by atoms with van der Waals surface area (Å²) in [7, 11) is 0. The van der Waals surface area contributed by atoms with E-state index in [1.165, 1.54) is 0 Å². The lowest BCUT2D eigenvalue weighted by Gasteiger charge is -2.05. The second-order valence-corrected chi connectivity index (χ2v) is 5.38. The van der Waals surface area contributed by atoms with Crippen molar-refractivity contribution in [3.63, 3.8) is 0 Å². The van der Waals surface area contributed by atoms with Crippen LogP contribution in [0.4, 0.5) is 9.93 Å². The lowest BCUT2D eigenvalue weighted by molar-refractivity contribution is 0.0530. The van der Waals surface area contributed by atoms with Crippen LogP contribution >= 0.6 is 11.3 Å². The van der Waals surface area contributed by atoms with Crippen LogP contribution in [0.1, 0.15) is 27.9 Å². The number of nitrogens with zero attached hydrogens (tertiary/aromatic N) is 1. The fourth-order valence-electron chi connectivity index (χ4n) is 1.66. The van der Waals surface area contributed by atoms with Crippen molar-refractivity contribution in [3.8, 4) is 0 Å². The van der Waals surface area contributed by atoms with Gasteiger partial charge >= 0.3 is 12.1 Å². The Morgan fingerprint density at radius 2 is 1.96 bits per heavy atom. The fraction of sp³-hybridized carbons (Fsp3) is 0.267. The summed E-state index contributed by atoms with van der Waals surface area (Å²) >= 11 is 1.03. The number of benzene rings is 1. The van der Waals surface area contributed by atoms with Crippen molar-refractivity contribution in [3.05, 3.63) is 46.5 Å². The predicted octanol–water partition coefficient (Wildman–Crippen LogP) is 3.31. The number of carbonyl (C=O) groups is 2. The van der Waals surface area contributed by atoms with Gasteiger partial charge in [0.25, 0.3) is 0 Å². The third-order valence-corrected chi connectivity index (χ3v) is 3.71. The monoisotopic (exact) mass is 336 g/mol. The molecule has 7 nitrogen and oxygen atoms in total. The highest BCUT2D eigenvalue weighted by atomic mass is 32.1. The van der Waals surface area contributed by atoms with E-state index in [0.29, 0.717) is 10.6 Å². The average molecular weight is 336 g/mol. The van der Waals surface area contributed by atoms with Crippen molar-refractivity contribution in [2.45, 2.75) is 20.5 Å². The summed E-state index contributed by atoms with van der Waals surface area (Å²) < 4.78 is 9.84. The lowest BCUT2D eigenvalue weighted by atomic mass is 10.2. The zero-order valence-corrected chi connectivity index (χ0v) is 13.5. The number of esters is 1. The molecule has 0 spiro atoms. The van der Waals surface area contributed by atoms with E-state index in [9.17, 15) is 9.59 Å². The van der Waals surface area contributed by atoms with Crippen molar-refractivity contribution >= 4 is 28.6 Å². The Morgan fingerprint density at radius 1 is 1.22 bits per heavy atom. The Balaban J connectivity index is 1.82. The molecule has 0 bridgehead atoms. The molecular formula is C15H16N2O5S. The number of nitrogens with one attached hydrogen (secondary N) is 1. The first kappa shape index (κ1) is 16.8.